The Balaban J connectivity index is 2.50. The van der Waals surface area contributed by atoms with Crippen LogP contribution in [0.2, 0.25) is 0 Å². The van der Waals surface area contributed by atoms with Crippen molar-refractivity contribution in [1.82, 2.24) is 4.31 Å². The first-order valence-corrected chi connectivity index (χ1v) is 7.88. The smallest absolute Gasteiger partial charge is 0.324 e. The number of anilines is 1. The van der Waals surface area contributed by atoms with Crippen molar-refractivity contribution in [3.05, 3.63) is 23.5 Å². The standard InChI is InChI=1S/C13H17FN2O4S/c1-8-10(14)6-9(15)7-12(8)21(18,19)16-5-3-4-11(16)13(17)20-2/h6-7,11H,3-5,15H2,1-2H3. The van der Waals surface area contributed by atoms with Crippen molar-refractivity contribution in [2.24, 2.45) is 0 Å². The van der Waals surface area contributed by atoms with Gasteiger partial charge in [0.15, 0.2) is 0 Å². The van der Waals surface area contributed by atoms with Gasteiger partial charge in [-0.2, -0.15) is 4.31 Å². The highest BCUT2D eigenvalue weighted by Gasteiger charge is 2.41. The summed E-state index contributed by atoms with van der Waals surface area (Å²) >= 11 is 0. The van der Waals surface area contributed by atoms with Crippen molar-refractivity contribution < 1.29 is 22.3 Å². The lowest BCUT2D eigenvalue weighted by Crippen LogP contribution is -2.41. The highest BCUT2D eigenvalue weighted by atomic mass is 32.2. The predicted molar refractivity (Wildman–Crippen MR) is 74.5 cm³/mol. The van der Waals surface area contributed by atoms with Gasteiger partial charge >= 0.3 is 5.97 Å². The molecule has 8 heteroatoms. The molecule has 2 rings (SSSR count). The number of nitrogen functional groups attached to an aromatic ring is 1. The largest absolute Gasteiger partial charge is 0.468 e. The van der Waals surface area contributed by atoms with Crippen LogP contribution in [-0.4, -0.2) is 38.4 Å². The first kappa shape index (κ1) is 15.7. The summed E-state index contributed by atoms with van der Waals surface area (Å²) in [6, 6.07) is 1.40. The van der Waals surface area contributed by atoms with Gasteiger partial charge in [-0.25, -0.2) is 12.8 Å². The van der Waals surface area contributed by atoms with Gasteiger partial charge in [-0.1, -0.05) is 0 Å². The van der Waals surface area contributed by atoms with E-state index in [4.69, 9.17) is 5.73 Å². The lowest BCUT2D eigenvalue weighted by Gasteiger charge is -2.23. The van der Waals surface area contributed by atoms with Crippen LogP contribution in [0.4, 0.5) is 10.1 Å². The third-order valence-corrected chi connectivity index (χ3v) is 5.62. The summed E-state index contributed by atoms with van der Waals surface area (Å²) in [4.78, 5) is 11.5. The van der Waals surface area contributed by atoms with E-state index >= 15 is 0 Å². The number of esters is 1. The summed E-state index contributed by atoms with van der Waals surface area (Å²) in [6.45, 7) is 1.56. The summed E-state index contributed by atoms with van der Waals surface area (Å²) < 4.78 is 44.8. The van der Waals surface area contributed by atoms with Gasteiger partial charge in [0.25, 0.3) is 0 Å². The van der Waals surface area contributed by atoms with E-state index in [0.717, 1.165) is 10.4 Å². The molecule has 1 heterocycles. The number of carbonyl (C=O) groups is 1. The Bertz CT molecular complexity index is 675. The number of nitrogens with two attached hydrogens (primary N) is 1. The van der Waals surface area contributed by atoms with Crippen molar-refractivity contribution in [3.63, 3.8) is 0 Å². The van der Waals surface area contributed by atoms with E-state index in [2.05, 4.69) is 4.74 Å². The van der Waals surface area contributed by atoms with Crippen molar-refractivity contribution >= 4 is 21.7 Å². The Kier molecular flexibility index (Phi) is 4.20. The number of methoxy groups -OCH3 is 1. The van der Waals surface area contributed by atoms with Gasteiger partial charge in [-0.3, -0.25) is 4.79 Å². The Labute approximate surface area is 122 Å². The molecule has 1 aromatic rings. The van der Waals surface area contributed by atoms with E-state index in [1.165, 1.54) is 20.1 Å². The van der Waals surface area contributed by atoms with Gasteiger partial charge in [0.1, 0.15) is 11.9 Å². The molecule has 0 aliphatic carbocycles. The molecule has 6 nitrogen and oxygen atoms in total. The number of halogens is 1. The number of carbonyl (C=O) groups excluding carboxylic acids is 1. The van der Waals surface area contributed by atoms with Crippen LogP contribution in [-0.2, 0) is 19.6 Å². The second kappa shape index (κ2) is 5.61. The second-order valence-corrected chi connectivity index (χ2v) is 6.78. The van der Waals surface area contributed by atoms with Gasteiger partial charge in [-0.15, -0.1) is 0 Å². The number of benzene rings is 1. The lowest BCUT2D eigenvalue weighted by molar-refractivity contribution is -0.144. The zero-order valence-electron chi connectivity index (χ0n) is 11.8. The first-order chi connectivity index (χ1) is 9.78. The number of hydrogen-bond acceptors (Lipinski definition) is 5. The molecule has 1 aliphatic heterocycles. The summed E-state index contributed by atoms with van der Waals surface area (Å²) in [5.74, 6) is -1.31. The molecule has 0 saturated carbocycles. The molecule has 1 aliphatic rings. The molecule has 21 heavy (non-hydrogen) atoms. The van der Waals surface area contributed by atoms with Crippen molar-refractivity contribution in [2.45, 2.75) is 30.7 Å². The van der Waals surface area contributed by atoms with E-state index in [-0.39, 0.29) is 22.7 Å². The minimum absolute atomic E-state index is 0.0142. The third kappa shape index (κ3) is 2.73. The molecular formula is C13H17FN2O4S. The van der Waals surface area contributed by atoms with Gasteiger partial charge < -0.3 is 10.5 Å². The molecule has 2 N–H and O–H groups in total. The monoisotopic (exact) mass is 316 g/mol. The predicted octanol–water partition coefficient (Wildman–Crippen LogP) is 1.04. The van der Waals surface area contributed by atoms with Gasteiger partial charge in [0, 0.05) is 17.8 Å². The Morgan fingerprint density at radius 2 is 2.14 bits per heavy atom. The second-order valence-electron chi connectivity index (χ2n) is 4.92. The fraction of sp³-hybridized carbons (Fsp3) is 0.462. The molecule has 1 aromatic carbocycles. The fourth-order valence-electron chi connectivity index (χ4n) is 2.47. The highest BCUT2D eigenvalue weighted by Crippen LogP contribution is 2.30. The number of rotatable bonds is 3. The van der Waals surface area contributed by atoms with Crippen LogP contribution in [0, 0.1) is 12.7 Å². The molecule has 1 fully saturated rings. The van der Waals surface area contributed by atoms with Crippen LogP contribution in [0.25, 0.3) is 0 Å². The minimum atomic E-state index is -4.01. The molecule has 0 aromatic heterocycles. The molecule has 0 radical (unpaired) electrons. The van der Waals surface area contributed by atoms with Crippen molar-refractivity contribution in [1.29, 1.82) is 0 Å². The van der Waals surface area contributed by atoms with Crippen LogP contribution in [0.1, 0.15) is 18.4 Å². The summed E-state index contributed by atoms with van der Waals surface area (Å²) in [7, 11) is -2.80. The maximum Gasteiger partial charge on any atom is 0.324 e. The van der Waals surface area contributed by atoms with Gasteiger partial charge in [-0.05, 0) is 31.9 Å². The van der Waals surface area contributed by atoms with E-state index in [1.54, 1.807) is 0 Å². The Morgan fingerprint density at radius 3 is 2.76 bits per heavy atom. The Hall–Kier alpha value is -1.67. The summed E-state index contributed by atoms with van der Waals surface area (Å²) in [6.07, 6.45) is 0.929. The fourth-order valence-corrected chi connectivity index (χ4v) is 4.39. The number of nitrogens with zero attached hydrogens (tertiary/aromatic N) is 1. The maximum absolute atomic E-state index is 13.7. The average Bonchev–Trinajstić information content (AvgIpc) is 2.91. The van der Waals surface area contributed by atoms with E-state index in [1.807, 2.05) is 0 Å². The zero-order valence-corrected chi connectivity index (χ0v) is 12.6. The lowest BCUT2D eigenvalue weighted by atomic mass is 10.2. The highest BCUT2D eigenvalue weighted by molar-refractivity contribution is 7.89. The van der Waals surface area contributed by atoms with Crippen LogP contribution < -0.4 is 5.73 Å². The molecule has 1 unspecified atom stereocenters. The summed E-state index contributed by atoms with van der Waals surface area (Å²) in [5.41, 5.74) is 5.53. The maximum atomic E-state index is 13.7. The molecule has 0 bridgehead atoms. The minimum Gasteiger partial charge on any atom is -0.468 e. The Morgan fingerprint density at radius 1 is 1.48 bits per heavy atom. The zero-order chi connectivity index (χ0) is 15.8. The quantitative estimate of drug-likeness (QED) is 0.665. The van der Waals surface area contributed by atoms with Crippen molar-refractivity contribution in [3.8, 4) is 0 Å². The third-order valence-electron chi connectivity index (χ3n) is 3.58. The van der Waals surface area contributed by atoms with Crippen LogP contribution in [0.15, 0.2) is 17.0 Å². The van der Waals surface area contributed by atoms with Gasteiger partial charge in [0.2, 0.25) is 10.0 Å². The number of hydrogen-bond donors (Lipinski definition) is 1. The number of ether oxygens (including phenoxy) is 1. The van der Waals surface area contributed by atoms with E-state index in [0.29, 0.717) is 12.8 Å². The number of sulfonamides is 1. The molecular weight excluding hydrogens is 299 g/mol. The van der Waals surface area contributed by atoms with E-state index in [9.17, 15) is 17.6 Å². The summed E-state index contributed by atoms with van der Waals surface area (Å²) in [5, 5.41) is 0. The van der Waals surface area contributed by atoms with Crippen LogP contribution in [0.3, 0.4) is 0 Å². The SMILES string of the molecule is COC(=O)C1CCCN1S(=O)(=O)c1cc(N)cc(F)c1C. The topological polar surface area (TPSA) is 89.7 Å². The normalized spacial score (nSPS) is 19.7. The first-order valence-electron chi connectivity index (χ1n) is 6.44. The molecule has 1 saturated heterocycles. The van der Waals surface area contributed by atoms with E-state index < -0.39 is 27.9 Å². The van der Waals surface area contributed by atoms with Crippen LogP contribution in [0.5, 0.6) is 0 Å². The molecule has 116 valence electrons. The molecule has 0 amide bonds. The average molecular weight is 316 g/mol. The van der Waals surface area contributed by atoms with Gasteiger partial charge in [0.05, 0.1) is 12.0 Å². The molecule has 1 atom stereocenters. The molecule has 0 spiro atoms. The van der Waals surface area contributed by atoms with Crippen LogP contribution >= 0.6 is 0 Å². The van der Waals surface area contributed by atoms with Crippen molar-refractivity contribution in [2.75, 3.05) is 19.4 Å².